The van der Waals surface area contributed by atoms with E-state index in [2.05, 4.69) is 22.6 Å². The topological polar surface area (TPSA) is 42.7 Å². The number of nitrogens with one attached hydrogen (secondary N) is 1. The van der Waals surface area contributed by atoms with Crippen LogP contribution >= 0.6 is 0 Å². The quantitative estimate of drug-likeness (QED) is 0.873. The molecule has 1 aromatic carbocycles. The van der Waals surface area contributed by atoms with Gasteiger partial charge in [-0.2, -0.15) is 0 Å². The van der Waals surface area contributed by atoms with E-state index < -0.39 is 0 Å². The smallest absolute Gasteiger partial charge is 0.123 e. The largest absolute Gasteiger partial charge is 0.317 e. The molecule has 4 nitrogen and oxygen atoms in total. The lowest BCUT2D eigenvalue weighted by Gasteiger charge is -2.11. The van der Waals surface area contributed by atoms with Crippen molar-refractivity contribution in [2.45, 2.75) is 19.4 Å². The Balaban J connectivity index is 2.27. The number of halogens is 1. The molecule has 0 spiro atoms. The average Bonchev–Trinajstić information content (AvgIpc) is 2.78. The van der Waals surface area contributed by atoms with Gasteiger partial charge in [-0.05, 0) is 38.2 Å². The van der Waals surface area contributed by atoms with Crippen molar-refractivity contribution in [1.82, 2.24) is 20.3 Å². The molecule has 1 N–H and O–H groups in total. The zero-order valence-electron chi connectivity index (χ0n) is 9.89. The van der Waals surface area contributed by atoms with Crippen molar-refractivity contribution in [3.63, 3.8) is 0 Å². The fourth-order valence-corrected chi connectivity index (χ4v) is 1.61. The summed E-state index contributed by atoms with van der Waals surface area (Å²) in [6, 6.07) is 6.56. The third-order valence-corrected chi connectivity index (χ3v) is 2.70. The number of hydrogen-bond acceptors (Lipinski definition) is 3. The van der Waals surface area contributed by atoms with Crippen LogP contribution in [0.2, 0.25) is 0 Å². The predicted octanol–water partition coefficient (Wildman–Crippen LogP) is 1.56. The highest BCUT2D eigenvalue weighted by atomic mass is 19.1. The van der Waals surface area contributed by atoms with Gasteiger partial charge in [0.25, 0.3) is 0 Å². The molecule has 0 aliphatic carbocycles. The van der Waals surface area contributed by atoms with Gasteiger partial charge < -0.3 is 5.32 Å². The number of likely N-dealkylation sites (N-methyl/N-ethyl adjacent to an activating group) is 1. The molecule has 0 radical (unpaired) electrons. The van der Waals surface area contributed by atoms with Crippen LogP contribution in [0, 0.1) is 5.82 Å². The summed E-state index contributed by atoms with van der Waals surface area (Å²) in [5.41, 5.74) is 1.82. The van der Waals surface area contributed by atoms with Crippen LogP contribution in [0.1, 0.15) is 12.6 Å². The maximum Gasteiger partial charge on any atom is 0.123 e. The lowest BCUT2D eigenvalue weighted by Crippen LogP contribution is -2.24. The first-order valence-electron chi connectivity index (χ1n) is 5.53. The van der Waals surface area contributed by atoms with Gasteiger partial charge in [0, 0.05) is 12.5 Å². The summed E-state index contributed by atoms with van der Waals surface area (Å²) in [6.45, 7) is 2.09. The van der Waals surface area contributed by atoms with Crippen LogP contribution in [-0.4, -0.2) is 28.1 Å². The summed E-state index contributed by atoms with van der Waals surface area (Å²) in [4.78, 5) is 0. The highest BCUT2D eigenvalue weighted by Gasteiger charge is 2.09. The van der Waals surface area contributed by atoms with Crippen LogP contribution in [0.5, 0.6) is 0 Å². The molecular weight excluding hydrogens is 219 g/mol. The van der Waals surface area contributed by atoms with E-state index in [-0.39, 0.29) is 5.82 Å². The molecular formula is C12H15FN4. The number of aromatic nitrogens is 3. The Hall–Kier alpha value is -1.75. The summed E-state index contributed by atoms with van der Waals surface area (Å²) >= 11 is 0. The first kappa shape index (κ1) is 11.7. The van der Waals surface area contributed by atoms with Crippen molar-refractivity contribution in [3.8, 4) is 5.69 Å². The van der Waals surface area contributed by atoms with Gasteiger partial charge in [0.1, 0.15) is 5.82 Å². The summed E-state index contributed by atoms with van der Waals surface area (Å²) in [7, 11) is 1.91. The van der Waals surface area contributed by atoms with E-state index in [1.807, 2.05) is 7.05 Å². The number of benzene rings is 1. The summed E-state index contributed by atoms with van der Waals surface area (Å²) in [6.07, 6.45) is 2.55. The fraction of sp³-hybridized carbons (Fsp3) is 0.333. The Morgan fingerprint density at radius 2 is 2.06 bits per heavy atom. The van der Waals surface area contributed by atoms with E-state index >= 15 is 0 Å². The molecule has 0 saturated heterocycles. The summed E-state index contributed by atoms with van der Waals surface area (Å²) < 4.78 is 14.6. The van der Waals surface area contributed by atoms with Gasteiger partial charge in [0.15, 0.2) is 0 Å². The molecule has 1 aromatic heterocycles. The normalized spacial score (nSPS) is 12.6. The molecule has 1 unspecified atom stereocenters. The van der Waals surface area contributed by atoms with Crippen LogP contribution in [-0.2, 0) is 6.42 Å². The molecule has 17 heavy (non-hydrogen) atoms. The van der Waals surface area contributed by atoms with Crippen LogP contribution in [0.3, 0.4) is 0 Å². The van der Waals surface area contributed by atoms with Crippen molar-refractivity contribution in [2.24, 2.45) is 0 Å². The molecule has 90 valence electrons. The SMILES string of the molecule is CNC(C)Cc1cnnn1-c1ccc(F)cc1. The summed E-state index contributed by atoms with van der Waals surface area (Å²) in [5.74, 6) is -0.251. The zero-order valence-corrected chi connectivity index (χ0v) is 9.89. The van der Waals surface area contributed by atoms with Gasteiger partial charge in [0.2, 0.25) is 0 Å². The van der Waals surface area contributed by atoms with Gasteiger partial charge in [-0.3, -0.25) is 0 Å². The van der Waals surface area contributed by atoms with Gasteiger partial charge in [-0.1, -0.05) is 5.21 Å². The van der Waals surface area contributed by atoms with Crippen LogP contribution < -0.4 is 5.32 Å². The minimum absolute atomic E-state index is 0.251. The molecule has 0 saturated carbocycles. The minimum atomic E-state index is -0.251. The highest BCUT2D eigenvalue weighted by Crippen LogP contribution is 2.11. The van der Waals surface area contributed by atoms with E-state index in [1.54, 1.807) is 23.0 Å². The number of hydrogen-bond donors (Lipinski definition) is 1. The standard InChI is InChI=1S/C12H15FN4/c1-9(14-2)7-12-8-15-16-17(12)11-5-3-10(13)4-6-11/h3-6,8-9,14H,7H2,1-2H3. The van der Waals surface area contributed by atoms with Gasteiger partial charge in [-0.25, -0.2) is 9.07 Å². The predicted molar refractivity (Wildman–Crippen MR) is 63.5 cm³/mol. The van der Waals surface area contributed by atoms with Crippen molar-refractivity contribution in [1.29, 1.82) is 0 Å². The van der Waals surface area contributed by atoms with E-state index in [4.69, 9.17) is 0 Å². The summed E-state index contributed by atoms with van der Waals surface area (Å²) in [5, 5.41) is 11.1. The van der Waals surface area contributed by atoms with Crippen LogP contribution in [0.15, 0.2) is 30.5 Å². The third-order valence-electron chi connectivity index (χ3n) is 2.70. The van der Waals surface area contributed by atoms with E-state index in [0.717, 1.165) is 17.8 Å². The Labute approximate surface area is 99.5 Å². The maximum absolute atomic E-state index is 12.8. The first-order chi connectivity index (χ1) is 8.20. The van der Waals surface area contributed by atoms with Crippen molar-refractivity contribution in [3.05, 3.63) is 42.0 Å². The molecule has 0 amide bonds. The van der Waals surface area contributed by atoms with E-state index in [1.165, 1.54) is 12.1 Å². The molecule has 0 fully saturated rings. The second kappa shape index (κ2) is 5.05. The maximum atomic E-state index is 12.8. The second-order valence-corrected chi connectivity index (χ2v) is 4.01. The molecule has 2 aromatic rings. The average molecular weight is 234 g/mol. The Morgan fingerprint density at radius 1 is 1.35 bits per heavy atom. The molecule has 0 aliphatic rings. The Kier molecular flexibility index (Phi) is 3.49. The number of rotatable bonds is 4. The molecule has 0 bridgehead atoms. The lowest BCUT2D eigenvalue weighted by atomic mass is 10.2. The van der Waals surface area contributed by atoms with Crippen molar-refractivity contribution < 1.29 is 4.39 Å². The van der Waals surface area contributed by atoms with Crippen molar-refractivity contribution in [2.75, 3.05) is 7.05 Å². The molecule has 1 heterocycles. The molecule has 1 atom stereocenters. The monoisotopic (exact) mass is 234 g/mol. The Bertz CT molecular complexity index is 478. The lowest BCUT2D eigenvalue weighted by molar-refractivity contribution is 0.587. The Morgan fingerprint density at radius 3 is 2.71 bits per heavy atom. The molecule has 5 heteroatoms. The van der Waals surface area contributed by atoms with Gasteiger partial charge in [-0.15, -0.1) is 5.10 Å². The van der Waals surface area contributed by atoms with E-state index in [0.29, 0.717) is 6.04 Å². The van der Waals surface area contributed by atoms with Gasteiger partial charge >= 0.3 is 0 Å². The molecule has 0 aliphatic heterocycles. The fourth-order valence-electron chi connectivity index (χ4n) is 1.61. The zero-order chi connectivity index (χ0) is 12.3. The minimum Gasteiger partial charge on any atom is -0.317 e. The highest BCUT2D eigenvalue weighted by molar-refractivity contribution is 5.32. The number of nitrogens with zero attached hydrogens (tertiary/aromatic N) is 3. The third kappa shape index (κ3) is 2.68. The van der Waals surface area contributed by atoms with Crippen molar-refractivity contribution >= 4 is 0 Å². The van der Waals surface area contributed by atoms with Crippen LogP contribution in [0.4, 0.5) is 4.39 Å². The second-order valence-electron chi connectivity index (χ2n) is 4.01. The van der Waals surface area contributed by atoms with Crippen LogP contribution in [0.25, 0.3) is 5.69 Å². The van der Waals surface area contributed by atoms with Gasteiger partial charge in [0.05, 0.1) is 17.6 Å². The molecule has 2 rings (SSSR count). The first-order valence-corrected chi connectivity index (χ1v) is 5.53. The van der Waals surface area contributed by atoms with E-state index in [9.17, 15) is 4.39 Å².